The van der Waals surface area contributed by atoms with Gasteiger partial charge in [0.1, 0.15) is 11.6 Å². The van der Waals surface area contributed by atoms with E-state index >= 15 is 0 Å². The van der Waals surface area contributed by atoms with E-state index in [9.17, 15) is 0 Å². The standard InChI is InChI=1S/C22H26N4O2/c1-16-2-3-17-15-19(21-23-6-7-26(21)18-4-10-27-11-5-18)22(24-20(17)14-16)25-8-12-28-13-9-25/h2-3,6-7,14-15,18H,4-5,8-13H2,1H3. The second-order valence-corrected chi connectivity index (χ2v) is 7.66. The predicted octanol–water partition coefficient (Wildman–Crippen LogP) is 3.59. The van der Waals surface area contributed by atoms with E-state index in [-0.39, 0.29) is 0 Å². The topological polar surface area (TPSA) is 52.4 Å². The van der Waals surface area contributed by atoms with Crippen molar-refractivity contribution in [2.75, 3.05) is 44.4 Å². The van der Waals surface area contributed by atoms with Crippen LogP contribution in [0.4, 0.5) is 5.82 Å². The highest BCUT2D eigenvalue weighted by Gasteiger charge is 2.24. The fraction of sp³-hybridized carbons (Fsp3) is 0.455. The van der Waals surface area contributed by atoms with E-state index in [1.54, 1.807) is 0 Å². The molecule has 0 bridgehead atoms. The third-order valence-electron chi connectivity index (χ3n) is 5.76. The predicted molar refractivity (Wildman–Crippen MR) is 110 cm³/mol. The molecular weight excluding hydrogens is 352 g/mol. The Morgan fingerprint density at radius 2 is 1.79 bits per heavy atom. The molecule has 6 heteroatoms. The van der Waals surface area contributed by atoms with Gasteiger partial charge in [0.25, 0.3) is 0 Å². The first kappa shape index (κ1) is 17.6. The summed E-state index contributed by atoms with van der Waals surface area (Å²) in [6.07, 6.45) is 6.06. The molecule has 0 spiro atoms. The van der Waals surface area contributed by atoms with Crippen molar-refractivity contribution in [2.45, 2.75) is 25.8 Å². The lowest BCUT2D eigenvalue weighted by Crippen LogP contribution is -2.37. The molecule has 2 aliphatic heterocycles. The summed E-state index contributed by atoms with van der Waals surface area (Å²) in [4.78, 5) is 12.2. The summed E-state index contributed by atoms with van der Waals surface area (Å²) in [7, 11) is 0. The Hall–Kier alpha value is -2.44. The number of fused-ring (bicyclic) bond motifs is 1. The van der Waals surface area contributed by atoms with Gasteiger partial charge in [-0.25, -0.2) is 9.97 Å². The maximum atomic E-state index is 5.57. The largest absolute Gasteiger partial charge is 0.381 e. The summed E-state index contributed by atoms with van der Waals surface area (Å²) >= 11 is 0. The van der Waals surface area contributed by atoms with Crippen LogP contribution in [-0.2, 0) is 9.47 Å². The molecule has 4 heterocycles. The monoisotopic (exact) mass is 378 g/mol. The Bertz CT molecular complexity index is 972. The Morgan fingerprint density at radius 1 is 1.00 bits per heavy atom. The zero-order valence-electron chi connectivity index (χ0n) is 16.3. The van der Waals surface area contributed by atoms with E-state index in [1.807, 2.05) is 6.20 Å². The number of hydrogen-bond acceptors (Lipinski definition) is 5. The fourth-order valence-corrected chi connectivity index (χ4v) is 4.23. The number of anilines is 1. The molecule has 28 heavy (non-hydrogen) atoms. The second-order valence-electron chi connectivity index (χ2n) is 7.66. The zero-order valence-corrected chi connectivity index (χ0v) is 16.3. The number of nitrogens with zero attached hydrogens (tertiary/aromatic N) is 4. The quantitative estimate of drug-likeness (QED) is 0.697. The van der Waals surface area contributed by atoms with Crippen LogP contribution in [0.3, 0.4) is 0 Å². The summed E-state index contributed by atoms with van der Waals surface area (Å²) in [5, 5.41) is 1.15. The number of aryl methyl sites for hydroxylation is 1. The molecule has 0 saturated carbocycles. The van der Waals surface area contributed by atoms with Crippen LogP contribution in [0.25, 0.3) is 22.3 Å². The van der Waals surface area contributed by atoms with E-state index < -0.39 is 0 Å². The van der Waals surface area contributed by atoms with Gasteiger partial charge in [0.15, 0.2) is 0 Å². The van der Waals surface area contributed by atoms with Crippen molar-refractivity contribution in [1.82, 2.24) is 14.5 Å². The highest BCUT2D eigenvalue weighted by molar-refractivity contribution is 5.88. The molecule has 0 unspecified atom stereocenters. The van der Waals surface area contributed by atoms with Gasteiger partial charge in [-0.2, -0.15) is 0 Å². The van der Waals surface area contributed by atoms with Crippen molar-refractivity contribution in [3.8, 4) is 11.4 Å². The summed E-state index contributed by atoms with van der Waals surface area (Å²) in [6.45, 7) is 6.93. The lowest BCUT2D eigenvalue weighted by Gasteiger charge is -2.30. The van der Waals surface area contributed by atoms with Gasteiger partial charge in [-0.1, -0.05) is 12.1 Å². The van der Waals surface area contributed by atoms with E-state index in [4.69, 9.17) is 19.4 Å². The van der Waals surface area contributed by atoms with Crippen molar-refractivity contribution in [3.63, 3.8) is 0 Å². The minimum Gasteiger partial charge on any atom is -0.381 e. The lowest BCUT2D eigenvalue weighted by molar-refractivity contribution is 0.0700. The normalized spacial score (nSPS) is 18.7. The van der Waals surface area contributed by atoms with Gasteiger partial charge in [-0.3, -0.25) is 0 Å². The Labute approximate surface area is 165 Å². The van der Waals surface area contributed by atoms with E-state index in [0.29, 0.717) is 6.04 Å². The van der Waals surface area contributed by atoms with Crippen molar-refractivity contribution < 1.29 is 9.47 Å². The molecule has 2 fully saturated rings. The Balaban J connectivity index is 1.65. The van der Waals surface area contributed by atoms with E-state index in [2.05, 4.69) is 46.9 Å². The molecule has 5 rings (SSSR count). The lowest BCUT2D eigenvalue weighted by atomic mass is 10.1. The van der Waals surface area contributed by atoms with E-state index in [0.717, 1.165) is 80.5 Å². The Kier molecular flexibility index (Phi) is 4.74. The first-order valence-corrected chi connectivity index (χ1v) is 10.1. The van der Waals surface area contributed by atoms with Crippen LogP contribution < -0.4 is 4.90 Å². The molecule has 3 aromatic rings. The molecule has 0 N–H and O–H groups in total. The molecule has 0 atom stereocenters. The van der Waals surface area contributed by atoms with Gasteiger partial charge in [0.2, 0.25) is 0 Å². The molecule has 0 amide bonds. The van der Waals surface area contributed by atoms with Crippen LogP contribution in [0.5, 0.6) is 0 Å². The number of morpholine rings is 1. The number of hydrogen-bond donors (Lipinski definition) is 0. The smallest absolute Gasteiger partial charge is 0.143 e. The highest BCUT2D eigenvalue weighted by atomic mass is 16.5. The first-order chi connectivity index (χ1) is 13.8. The summed E-state index contributed by atoms with van der Waals surface area (Å²) in [5.41, 5.74) is 3.37. The number of benzene rings is 1. The third kappa shape index (κ3) is 3.27. The van der Waals surface area contributed by atoms with Crippen molar-refractivity contribution in [1.29, 1.82) is 0 Å². The molecule has 6 nitrogen and oxygen atoms in total. The van der Waals surface area contributed by atoms with Crippen molar-refractivity contribution in [3.05, 3.63) is 42.2 Å². The van der Waals surface area contributed by atoms with Gasteiger partial charge in [-0.05, 0) is 37.5 Å². The zero-order chi connectivity index (χ0) is 18.9. The summed E-state index contributed by atoms with van der Waals surface area (Å²) in [5.74, 6) is 2.02. The molecule has 2 aliphatic rings. The Morgan fingerprint density at radius 3 is 2.61 bits per heavy atom. The number of aromatic nitrogens is 3. The average molecular weight is 378 g/mol. The fourth-order valence-electron chi connectivity index (χ4n) is 4.23. The van der Waals surface area contributed by atoms with Crippen LogP contribution in [0.1, 0.15) is 24.4 Å². The minimum atomic E-state index is 0.428. The first-order valence-electron chi connectivity index (χ1n) is 10.1. The molecule has 2 saturated heterocycles. The molecule has 146 valence electrons. The van der Waals surface area contributed by atoms with Gasteiger partial charge < -0.3 is 18.9 Å². The van der Waals surface area contributed by atoms with Crippen molar-refractivity contribution >= 4 is 16.7 Å². The highest BCUT2D eigenvalue weighted by Crippen LogP contribution is 2.35. The molecule has 2 aromatic heterocycles. The molecular formula is C22H26N4O2. The van der Waals surface area contributed by atoms with Crippen LogP contribution in [0.2, 0.25) is 0 Å². The maximum absolute atomic E-state index is 5.57. The minimum absolute atomic E-state index is 0.428. The van der Waals surface area contributed by atoms with Crippen molar-refractivity contribution in [2.24, 2.45) is 0 Å². The van der Waals surface area contributed by atoms with Gasteiger partial charge in [0, 0.05) is 50.1 Å². The number of ether oxygens (including phenoxy) is 2. The van der Waals surface area contributed by atoms with Crippen LogP contribution in [-0.4, -0.2) is 54.1 Å². The molecule has 0 radical (unpaired) electrons. The van der Waals surface area contributed by atoms with Gasteiger partial charge in [0.05, 0.1) is 24.3 Å². The van der Waals surface area contributed by atoms with Gasteiger partial charge >= 0.3 is 0 Å². The van der Waals surface area contributed by atoms with Gasteiger partial charge in [-0.15, -0.1) is 0 Å². The maximum Gasteiger partial charge on any atom is 0.143 e. The third-order valence-corrected chi connectivity index (χ3v) is 5.76. The average Bonchev–Trinajstić information content (AvgIpc) is 3.24. The number of imidazole rings is 1. The number of pyridine rings is 1. The van der Waals surface area contributed by atoms with E-state index in [1.165, 1.54) is 5.56 Å². The SMILES string of the molecule is Cc1ccc2cc(-c3nccn3C3CCOCC3)c(N3CCOCC3)nc2c1. The molecule has 1 aromatic carbocycles. The number of rotatable bonds is 3. The van der Waals surface area contributed by atoms with Crippen LogP contribution in [0, 0.1) is 6.92 Å². The van der Waals surface area contributed by atoms with Crippen LogP contribution >= 0.6 is 0 Å². The second kappa shape index (κ2) is 7.53. The summed E-state index contributed by atoms with van der Waals surface area (Å²) < 4.78 is 13.5. The summed E-state index contributed by atoms with van der Waals surface area (Å²) in [6, 6.07) is 9.15. The van der Waals surface area contributed by atoms with Crippen LogP contribution in [0.15, 0.2) is 36.7 Å². The molecule has 0 aliphatic carbocycles.